The number of likely N-dealkylation sites (N-methyl/N-ethyl adjacent to an activating group) is 1. The van der Waals surface area contributed by atoms with Crippen molar-refractivity contribution in [1.82, 2.24) is 10.6 Å². The first kappa shape index (κ1) is 24.2. The summed E-state index contributed by atoms with van der Waals surface area (Å²) < 4.78 is 12.1. The Bertz CT molecular complexity index is 585. The fourth-order valence-corrected chi connectivity index (χ4v) is 4.74. The molecule has 0 radical (unpaired) electrons. The molecular formula is C20H35IN4OS. The van der Waals surface area contributed by atoms with Crippen LogP contribution in [0.25, 0.3) is 0 Å². The van der Waals surface area contributed by atoms with Crippen LogP contribution in [0.1, 0.15) is 39.5 Å². The number of halogens is 1. The molecule has 0 heterocycles. The maximum Gasteiger partial charge on any atom is 0.191 e. The van der Waals surface area contributed by atoms with Crippen molar-refractivity contribution in [2.24, 2.45) is 4.99 Å². The van der Waals surface area contributed by atoms with Crippen LogP contribution in [-0.2, 0) is 10.8 Å². The highest BCUT2D eigenvalue weighted by Gasteiger charge is 2.25. The van der Waals surface area contributed by atoms with E-state index in [9.17, 15) is 4.21 Å². The molecule has 1 saturated carbocycles. The Hall–Kier alpha value is -0.830. The number of rotatable bonds is 8. The Balaban J connectivity index is 0.00000364. The molecule has 5 nitrogen and oxygen atoms in total. The summed E-state index contributed by atoms with van der Waals surface area (Å²) in [5.41, 5.74) is 1.21. The summed E-state index contributed by atoms with van der Waals surface area (Å²) in [6.45, 7) is 6.55. The second-order valence-corrected chi connectivity index (χ2v) is 8.82. The molecule has 0 aromatic heterocycles. The number of para-hydroxylation sites is 1. The Morgan fingerprint density at radius 3 is 2.67 bits per heavy atom. The molecule has 0 aliphatic heterocycles. The molecule has 154 valence electrons. The van der Waals surface area contributed by atoms with E-state index < -0.39 is 10.8 Å². The predicted octanol–water partition coefficient (Wildman–Crippen LogP) is 3.38. The minimum atomic E-state index is -0.692. The van der Waals surface area contributed by atoms with E-state index in [0.29, 0.717) is 11.3 Å². The lowest BCUT2D eigenvalue weighted by Gasteiger charge is -2.30. The molecule has 2 N–H and O–H groups in total. The zero-order chi connectivity index (χ0) is 18.8. The lowest BCUT2D eigenvalue weighted by Crippen LogP contribution is -2.46. The van der Waals surface area contributed by atoms with Crippen LogP contribution < -0.4 is 15.5 Å². The molecule has 1 aliphatic rings. The van der Waals surface area contributed by atoms with Crippen LogP contribution in [-0.4, -0.2) is 53.9 Å². The van der Waals surface area contributed by atoms with Gasteiger partial charge in [-0.05, 0) is 38.3 Å². The fourth-order valence-electron chi connectivity index (χ4n) is 3.39. The molecule has 1 aromatic carbocycles. The zero-order valence-electron chi connectivity index (χ0n) is 16.8. The highest BCUT2D eigenvalue weighted by atomic mass is 127. The number of aliphatic imine (C=N–C) groups is 1. The van der Waals surface area contributed by atoms with Gasteiger partial charge in [0, 0.05) is 53.7 Å². The standard InChI is InChI=1S/C20H34N4OS.HI/c1-4-21-20(22-14-15-24(3)18-11-7-6-8-12-18)23-17-10-9-13-19(16-17)26(25)5-2;/h6-8,11-12,17,19H,4-5,9-10,13-16H2,1-3H3,(H2,21,22,23);1H. The van der Waals surface area contributed by atoms with Gasteiger partial charge in [0.15, 0.2) is 5.96 Å². The summed E-state index contributed by atoms with van der Waals surface area (Å²) in [6.07, 6.45) is 4.35. The van der Waals surface area contributed by atoms with Gasteiger partial charge in [-0.2, -0.15) is 0 Å². The smallest absolute Gasteiger partial charge is 0.191 e. The van der Waals surface area contributed by atoms with Crippen molar-refractivity contribution in [1.29, 1.82) is 0 Å². The fraction of sp³-hybridized carbons (Fsp3) is 0.650. The van der Waals surface area contributed by atoms with Gasteiger partial charge in [0.1, 0.15) is 0 Å². The van der Waals surface area contributed by atoms with E-state index in [1.165, 1.54) is 5.69 Å². The molecule has 27 heavy (non-hydrogen) atoms. The van der Waals surface area contributed by atoms with Crippen molar-refractivity contribution in [3.63, 3.8) is 0 Å². The Kier molecular flexibility index (Phi) is 12.0. The summed E-state index contributed by atoms with van der Waals surface area (Å²) in [6, 6.07) is 10.7. The van der Waals surface area contributed by atoms with E-state index in [2.05, 4.69) is 53.8 Å². The largest absolute Gasteiger partial charge is 0.373 e. The summed E-state index contributed by atoms with van der Waals surface area (Å²) in [7, 11) is 1.40. The van der Waals surface area contributed by atoms with Crippen LogP contribution in [0.5, 0.6) is 0 Å². The normalized spacial score (nSPS) is 21.1. The number of hydrogen-bond acceptors (Lipinski definition) is 3. The molecule has 1 aliphatic carbocycles. The molecule has 1 fully saturated rings. The molecule has 3 atom stereocenters. The van der Waals surface area contributed by atoms with Gasteiger partial charge in [-0.3, -0.25) is 9.20 Å². The van der Waals surface area contributed by atoms with Crippen molar-refractivity contribution in [2.45, 2.75) is 50.8 Å². The first-order valence-corrected chi connectivity index (χ1v) is 11.2. The van der Waals surface area contributed by atoms with Gasteiger partial charge in [-0.25, -0.2) is 0 Å². The van der Waals surface area contributed by atoms with Crippen molar-refractivity contribution in [2.75, 3.05) is 37.3 Å². The second-order valence-electron chi connectivity index (χ2n) is 6.82. The third-order valence-corrected chi connectivity index (χ3v) is 6.61. The number of nitrogens with one attached hydrogen (secondary N) is 2. The highest BCUT2D eigenvalue weighted by Crippen LogP contribution is 2.23. The molecule has 3 unspecified atom stereocenters. The predicted molar refractivity (Wildman–Crippen MR) is 129 cm³/mol. The molecule has 0 amide bonds. The lowest BCUT2D eigenvalue weighted by atomic mass is 9.95. The Labute approximate surface area is 184 Å². The number of guanidine groups is 1. The van der Waals surface area contributed by atoms with Gasteiger partial charge in [0.25, 0.3) is 0 Å². The average Bonchev–Trinajstić information content (AvgIpc) is 2.68. The van der Waals surface area contributed by atoms with Crippen LogP contribution in [0, 0.1) is 0 Å². The summed E-state index contributed by atoms with van der Waals surface area (Å²) >= 11 is 0. The van der Waals surface area contributed by atoms with Gasteiger partial charge < -0.3 is 15.5 Å². The lowest BCUT2D eigenvalue weighted by molar-refractivity contribution is 0.413. The topological polar surface area (TPSA) is 56.7 Å². The van der Waals surface area contributed by atoms with Gasteiger partial charge in [0.2, 0.25) is 0 Å². The van der Waals surface area contributed by atoms with Crippen LogP contribution in [0.4, 0.5) is 5.69 Å². The molecule has 1 aromatic rings. The maximum absolute atomic E-state index is 12.1. The van der Waals surface area contributed by atoms with Crippen molar-refractivity contribution < 1.29 is 4.21 Å². The van der Waals surface area contributed by atoms with Gasteiger partial charge >= 0.3 is 0 Å². The van der Waals surface area contributed by atoms with Crippen molar-refractivity contribution in [3.8, 4) is 0 Å². The minimum absolute atomic E-state index is 0. The molecule has 7 heteroatoms. The van der Waals surface area contributed by atoms with Crippen molar-refractivity contribution in [3.05, 3.63) is 30.3 Å². The minimum Gasteiger partial charge on any atom is -0.373 e. The molecule has 2 rings (SSSR count). The third-order valence-electron chi connectivity index (χ3n) is 4.87. The number of benzene rings is 1. The van der Waals surface area contributed by atoms with Gasteiger partial charge in [0.05, 0.1) is 6.54 Å². The highest BCUT2D eigenvalue weighted by molar-refractivity contribution is 14.0. The second kappa shape index (κ2) is 13.4. The van der Waals surface area contributed by atoms with Crippen molar-refractivity contribution >= 4 is 46.4 Å². The monoisotopic (exact) mass is 506 g/mol. The average molecular weight is 506 g/mol. The quantitative estimate of drug-likeness (QED) is 0.323. The van der Waals surface area contributed by atoms with Crippen LogP contribution in [0.3, 0.4) is 0 Å². The molecular weight excluding hydrogens is 471 g/mol. The van der Waals surface area contributed by atoms with Crippen LogP contribution in [0.2, 0.25) is 0 Å². The third kappa shape index (κ3) is 8.37. The van der Waals surface area contributed by atoms with E-state index >= 15 is 0 Å². The Morgan fingerprint density at radius 1 is 1.26 bits per heavy atom. The van der Waals surface area contributed by atoms with Crippen LogP contribution >= 0.6 is 24.0 Å². The van der Waals surface area contributed by atoms with Gasteiger partial charge in [-0.15, -0.1) is 24.0 Å². The summed E-state index contributed by atoms with van der Waals surface area (Å²) in [5, 5.41) is 7.24. The van der Waals surface area contributed by atoms with E-state index in [1.54, 1.807) is 0 Å². The van der Waals surface area contributed by atoms with Crippen LogP contribution in [0.15, 0.2) is 35.3 Å². The zero-order valence-corrected chi connectivity index (χ0v) is 20.0. The SMILES string of the molecule is CCNC(=NCCN(C)c1ccccc1)NC1CCCC(S(=O)CC)C1.I. The first-order chi connectivity index (χ1) is 12.6. The molecule has 0 saturated heterocycles. The number of hydrogen-bond donors (Lipinski definition) is 2. The van der Waals surface area contributed by atoms with E-state index in [-0.39, 0.29) is 24.0 Å². The van der Waals surface area contributed by atoms with E-state index in [0.717, 1.165) is 57.0 Å². The first-order valence-electron chi connectivity index (χ1n) is 9.82. The molecule has 0 bridgehead atoms. The summed E-state index contributed by atoms with van der Waals surface area (Å²) in [4.78, 5) is 6.96. The van der Waals surface area contributed by atoms with Gasteiger partial charge in [-0.1, -0.05) is 31.5 Å². The molecule has 0 spiro atoms. The number of nitrogens with zero attached hydrogens (tertiary/aromatic N) is 2. The van der Waals surface area contributed by atoms with E-state index in [1.807, 2.05) is 13.0 Å². The summed E-state index contributed by atoms with van der Waals surface area (Å²) in [5.74, 6) is 1.64. The van der Waals surface area contributed by atoms with E-state index in [4.69, 9.17) is 4.99 Å². The maximum atomic E-state index is 12.1. The number of anilines is 1. The Morgan fingerprint density at radius 2 is 2.00 bits per heavy atom.